The van der Waals surface area contributed by atoms with Gasteiger partial charge in [-0.3, -0.25) is 13.9 Å². The molecule has 48 heavy (non-hydrogen) atoms. The number of carbonyl (C=O) groups excluding carboxylic acids is 2. The van der Waals surface area contributed by atoms with Crippen LogP contribution >= 0.6 is 23.2 Å². The molecular weight excluding hydrogens is 665 g/mol. The molecule has 1 aliphatic rings. The number of halogens is 2. The SMILES string of the molecule is Cc1cccc(N(CC(=O)N(Cc2c(Cl)cccc2Cl)C(Cc2ccccc2)C(=O)NC2CCCCC2)S(=O)(=O)c2ccccc2)c1C. The van der Waals surface area contributed by atoms with Crippen molar-refractivity contribution in [1.82, 2.24) is 10.2 Å². The molecule has 0 aromatic heterocycles. The fraction of sp³-hybridized carbons (Fsp3) is 0.316. The topological polar surface area (TPSA) is 86.8 Å². The number of carbonyl (C=O) groups is 2. The zero-order valence-corrected chi connectivity index (χ0v) is 29.6. The maximum absolute atomic E-state index is 14.8. The average Bonchev–Trinajstić information content (AvgIpc) is 3.09. The van der Waals surface area contributed by atoms with Crippen molar-refractivity contribution in [3.05, 3.63) is 129 Å². The fourth-order valence-corrected chi connectivity index (χ4v) is 8.20. The summed E-state index contributed by atoms with van der Waals surface area (Å²) in [6, 6.07) is 27.0. The van der Waals surface area contributed by atoms with Crippen LogP contribution in [0.25, 0.3) is 0 Å². The lowest BCUT2D eigenvalue weighted by Gasteiger charge is -2.35. The highest BCUT2D eigenvalue weighted by Gasteiger charge is 2.36. The van der Waals surface area contributed by atoms with Gasteiger partial charge in [0.2, 0.25) is 11.8 Å². The molecule has 5 rings (SSSR count). The Hall–Kier alpha value is -3.85. The minimum atomic E-state index is -4.21. The molecule has 4 aromatic carbocycles. The van der Waals surface area contributed by atoms with E-state index in [-0.39, 0.29) is 29.8 Å². The Labute approximate surface area is 293 Å². The van der Waals surface area contributed by atoms with Gasteiger partial charge in [-0.05, 0) is 73.7 Å². The first-order valence-corrected chi connectivity index (χ1v) is 18.5. The summed E-state index contributed by atoms with van der Waals surface area (Å²) < 4.78 is 29.8. The number of amides is 2. The first kappa shape index (κ1) is 35.5. The van der Waals surface area contributed by atoms with Gasteiger partial charge in [0.25, 0.3) is 10.0 Å². The van der Waals surface area contributed by atoms with Gasteiger partial charge in [-0.1, -0.05) is 109 Å². The van der Waals surface area contributed by atoms with Crippen LogP contribution in [-0.2, 0) is 32.6 Å². The second-order valence-corrected chi connectivity index (χ2v) is 15.0. The molecule has 1 atom stereocenters. The maximum atomic E-state index is 14.8. The van der Waals surface area contributed by atoms with Gasteiger partial charge >= 0.3 is 0 Å². The fourth-order valence-electron chi connectivity index (χ4n) is 6.19. The Bertz CT molecular complexity index is 1810. The van der Waals surface area contributed by atoms with E-state index in [1.807, 2.05) is 50.2 Å². The van der Waals surface area contributed by atoms with Gasteiger partial charge in [-0.25, -0.2) is 8.42 Å². The lowest BCUT2D eigenvalue weighted by molar-refractivity contribution is -0.140. The van der Waals surface area contributed by atoms with Crippen LogP contribution in [0, 0.1) is 13.8 Å². The molecule has 0 saturated heterocycles. The molecule has 252 valence electrons. The monoisotopic (exact) mass is 705 g/mol. The van der Waals surface area contributed by atoms with E-state index in [9.17, 15) is 18.0 Å². The number of aryl methyl sites for hydroxylation is 1. The molecule has 1 saturated carbocycles. The summed E-state index contributed by atoms with van der Waals surface area (Å²) in [5.41, 5.74) is 3.31. The molecule has 1 N–H and O–H groups in total. The highest BCUT2D eigenvalue weighted by Crippen LogP contribution is 2.31. The van der Waals surface area contributed by atoms with Gasteiger partial charge < -0.3 is 10.2 Å². The number of hydrogen-bond acceptors (Lipinski definition) is 4. The van der Waals surface area contributed by atoms with Crippen LogP contribution in [0.4, 0.5) is 5.69 Å². The van der Waals surface area contributed by atoms with E-state index in [1.54, 1.807) is 48.5 Å². The number of anilines is 1. The van der Waals surface area contributed by atoms with Crippen LogP contribution in [-0.4, -0.2) is 43.8 Å². The summed E-state index contributed by atoms with van der Waals surface area (Å²) in [6.45, 7) is 3.08. The molecule has 2 amide bonds. The van der Waals surface area contributed by atoms with Crippen molar-refractivity contribution in [3.8, 4) is 0 Å². The van der Waals surface area contributed by atoms with Crippen LogP contribution in [0.2, 0.25) is 10.0 Å². The van der Waals surface area contributed by atoms with Crippen LogP contribution < -0.4 is 9.62 Å². The second-order valence-electron chi connectivity index (χ2n) is 12.3. The van der Waals surface area contributed by atoms with E-state index in [4.69, 9.17) is 23.2 Å². The minimum absolute atomic E-state index is 0.00437. The lowest BCUT2D eigenvalue weighted by atomic mass is 9.94. The molecule has 10 heteroatoms. The summed E-state index contributed by atoms with van der Waals surface area (Å²) in [4.78, 5) is 30.6. The van der Waals surface area contributed by atoms with E-state index < -0.39 is 28.5 Å². The van der Waals surface area contributed by atoms with Crippen molar-refractivity contribution in [2.24, 2.45) is 0 Å². The molecule has 1 fully saturated rings. The summed E-state index contributed by atoms with van der Waals surface area (Å²) in [7, 11) is -4.21. The van der Waals surface area contributed by atoms with Gasteiger partial charge in [0.05, 0.1) is 10.6 Å². The molecule has 0 aliphatic heterocycles. The summed E-state index contributed by atoms with van der Waals surface area (Å²) >= 11 is 13.3. The van der Waals surface area contributed by atoms with Gasteiger partial charge in [0, 0.05) is 34.6 Å². The lowest BCUT2D eigenvalue weighted by Crippen LogP contribution is -2.55. The van der Waals surface area contributed by atoms with Crippen molar-refractivity contribution in [2.45, 2.75) is 75.9 Å². The number of nitrogens with zero attached hydrogens (tertiary/aromatic N) is 2. The summed E-state index contributed by atoms with van der Waals surface area (Å²) in [5, 5.41) is 3.90. The minimum Gasteiger partial charge on any atom is -0.352 e. The van der Waals surface area contributed by atoms with Crippen LogP contribution in [0.1, 0.15) is 54.4 Å². The Morgan fingerprint density at radius 1 is 0.812 bits per heavy atom. The van der Waals surface area contributed by atoms with Crippen molar-refractivity contribution in [3.63, 3.8) is 0 Å². The number of nitrogens with one attached hydrogen (secondary N) is 1. The number of rotatable bonds is 12. The van der Waals surface area contributed by atoms with Gasteiger partial charge in [-0.15, -0.1) is 0 Å². The smallest absolute Gasteiger partial charge is 0.264 e. The van der Waals surface area contributed by atoms with Gasteiger partial charge in [-0.2, -0.15) is 0 Å². The summed E-state index contributed by atoms with van der Waals surface area (Å²) in [6.07, 6.45) is 5.11. The van der Waals surface area contributed by atoms with Crippen molar-refractivity contribution in [2.75, 3.05) is 10.8 Å². The first-order valence-electron chi connectivity index (χ1n) is 16.3. The third-order valence-electron chi connectivity index (χ3n) is 9.07. The Morgan fingerprint density at radius 3 is 2.06 bits per heavy atom. The Balaban J connectivity index is 1.61. The molecule has 1 aliphatic carbocycles. The van der Waals surface area contributed by atoms with Crippen LogP contribution in [0.3, 0.4) is 0 Å². The van der Waals surface area contributed by atoms with Crippen molar-refractivity contribution >= 4 is 50.7 Å². The van der Waals surface area contributed by atoms with Crippen LogP contribution in [0.15, 0.2) is 102 Å². The van der Waals surface area contributed by atoms with Gasteiger partial charge in [0.15, 0.2) is 0 Å². The van der Waals surface area contributed by atoms with E-state index >= 15 is 0 Å². The predicted molar refractivity (Wildman–Crippen MR) is 193 cm³/mol. The average molecular weight is 707 g/mol. The third kappa shape index (κ3) is 8.41. The molecule has 1 unspecified atom stereocenters. The number of hydrogen-bond donors (Lipinski definition) is 1. The van der Waals surface area contributed by atoms with E-state index in [0.717, 1.165) is 53.1 Å². The second kappa shape index (κ2) is 16.0. The van der Waals surface area contributed by atoms with E-state index in [1.165, 1.54) is 17.0 Å². The quantitative estimate of drug-likeness (QED) is 0.162. The molecule has 0 radical (unpaired) electrons. The van der Waals surface area contributed by atoms with E-state index in [2.05, 4.69) is 5.32 Å². The number of benzene rings is 4. The van der Waals surface area contributed by atoms with E-state index in [0.29, 0.717) is 21.3 Å². The standard InChI is InChI=1S/C38H41Cl2N3O4S/c1-27-14-12-23-35(28(27)2)43(48(46,47)31-19-10-5-11-20-31)26-37(44)42(25-32-33(39)21-13-22-34(32)40)36(24-29-15-6-3-7-16-29)38(45)41-30-17-8-4-9-18-30/h3,5-7,10-16,19-23,30,36H,4,8-9,17-18,24-26H2,1-2H3,(H,41,45). The third-order valence-corrected chi connectivity index (χ3v) is 11.5. The molecule has 0 bridgehead atoms. The summed E-state index contributed by atoms with van der Waals surface area (Å²) in [5.74, 6) is -0.863. The van der Waals surface area contributed by atoms with Crippen LogP contribution in [0.5, 0.6) is 0 Å². The molecule has 0 heterocycles. The number of sulfonamides is 1. The highest BCUT2D eigenvalue weighted by molar-refractivity contribution is 7.92. The normalized spacial score (nSPS) is 14.2. The molecule has 7 nitrogen and oxygen atoms in total. The van der Waals surface area contributed by atoms with Gasteiger partial charge in [0.1, 0.15) is 12.6 Å². The molecule has 0 spiro atoms. The highest BCUT2D eigenvalue weighted by atomic mass is 35.5. The first-order chi connectivity index (χ1) is 23.1. The zero-order valence-electron chi connectivity index (χ0n) is 27.2. The zero-order chi connectivity index (χ0) is 34.3. The Kier molecular flexibility index (Phi) is 11.8. The largest absolute Gasteiger partial charge is 0.352 e. The van der Waals surface area contributed by atoms with Crippen molar-refractivity contribution < 1.29 is 18.0 Å². The predicted octanol–water partition coefficient (Wildman–Crippen LogP) is 7.89. The maximum Gasteiger partial charge on any atom is 0.264 e. The molecule has 4 aromatic rings. The Morgan fingerprint density at radius 2 is 1.42 bits per heavy atom. The van der Waals surface area contributed by atoms with Crippen molar-refractivity contribution in [1.29, 1.82) is 0 Å². The molecular formula is C38H41Cl2N3O4S.